The van der Waals surface area contributed by atoms with Crippen LogP contribution in [-0.2, 0) is 0 Å². The standard InChI is InChI=1S/C11H13Cl2N3/c1-7(16-11-14-5-6-15-11)8-3-2-4-9(12)10(8)13/h2-4,7H,5-6H2,1H3,(H2,14,15,16)/t7-/m1/s1. The Balaban J connectivity index is 2.14. The number of nitrogens with zero attached hydrogens (tertiary/aromatic N) is 1. The molecule has 1 atom stereocenters. The van der Waals surface area contributed by atoms with Crippen molar-refractivity contribution in [3.63, 3.8) is 0 Å². The first-order valence-corrected chi connectivity index (χ1v) is 5.93. The van der Waals surface area contributed by atoms with Gasteiger partial charge in [-0.15, -0.1) is 0 Å². The Kier molecular flexibility index (Phi) is 3.56. The molecule has 0 amide bonds. The van der Waals surface area contributed by atoms with Crippen molar-refractivity contribution in [1.82, 2.24) is 10.6 Å². The van der Waals surface area contributed by atoms with Gasteiger partial charge in [-0.1, -0.05) is 35.3 Å². The second kappa shape index (κ2) is 4.93. The van der Waals surface area contributed by atoms with Gasteiger partial charge in [0, 0.05) is 6.54 Å². The van der Waals surface area contributed by atoms with E-state index in [1.54, 1.807) is 6.07 Å². The fourth-order valence-corrected chi connectivity index (χ4v) is 2.10. The predicted molar refractivity (Wildman–Crippen MR) is 68.3 cm³/mol. The van der Waals surface area contributed by atoms with E-state index in [2.05, 4.69) is 15.6 Å². The van der Waals surface area contributed by atoms with Crippen molar-refractivity contribution in [1.29, 1.82) is 0 Å². The first-order valence-electron chi connectivity index (χ1n) is 5.17. The minimum absolute atomic E-state index is 0.0792. The first-order chi connectivity index (χ1) is 7.68. The summed E-state index contributed by atoms with van der Waals surface area (Å²) in [7, 11) is 0. The van der Waals surface area contributed by atoms with Gasteiger partial charge in [0.25, 0.3) is 0 Å². The fraction of sp³-hybridized carbons (Fsp3) is 0.364. The molecule has 0 bridgehead atoms. The highest BCUT2D eigenvalue weighted by Crippen LogP contribution is 2.29. The van der Waals surface area contributed by atoms with E-state index in [-0.39, 0.29) is 6.04 Å². The molecule has 1 aliphatic heterocycles. The van der Waals surface area contributed by atoms with Gasteiger partial charge in [-0.3, -0.25) is 4.99 Å². The maximum Gasteiger partial charge on any atom is 0.191 e. The van der Waals surface area contributed by atoms with E-state index in [9.17, 15) is 0 Å². The molecular weight excluding hydrogens is 245 g/mol. The van der Waals surface area contributed by atoms with Gasteiger partial charge >= 0.3 is 0 Å². The number of rotatable bonds is 2. The van der Waals surface area contributed by atoms with E-state index >= 15 is 0 Å². The molecule has 2 N–H and O–H groups in total. The highest BCUT2D eigenvalue weighted by Gasteiger charge is 2.14. The Labute approximate surface area is 105 Å². The van der Waals surface area contributed by atoms with Crippen molar-refractivity contribution in [2.75, 3.05) is 13.1 Å². The average Bonchev–Trinajstić information content (AvgIpc) is 2.74. The lowest BCUT2D eigenvalue weighted by Gasteiger charge is -2.17. The summed E-state index contributed by atoms with van der Waals surface area (Å²) in [5.41, 5.74) is 0.977. The number of benzene rings is 1. The first kappa shape index (κ1) is 11.6. The van der Waals surface area contributed by atoms with Crippen LogP contribution in [0.15, 0.2) is 23.2 Å². The van der Waals surface area contributed by atoms with Gasteiger partial charge in [0.2, 0.25) is 0 Å². The maximum atomic E-state index is 6.14. The Morgan fingerprint density at radius 1 is 1.44 bits per heavy atom. The molecule has 0 saturated heterocycles. The zero-order valence-corrected chi connectivity index (χ0v) is 10.4. The van der Waals surface area contributed by atoms with E-state index in [1.807, 2.05) is 19.1 Å². The second-order valence-corrected chi connectivity index (χ2v) is 4.45. The summed E-state index contributed by atoms with van der Waals surface area (Å²) in [4.78, 5) is 4.27. The fourth-order valence-electron chi connectivity index (χ4n) is 1.63. The van der Waals surface area contributed by atoms with Gasteiger partial charge in [-0.25, -0.2) is 0 Å². The molecule has 5 heteroatoms. The van der Waals surface area contributed by atoms with Gasteiger partial charge in [0.05, 0.1) is 22.6 Å². The van der Waals surface area contributed by atoms with Gasteiger partial charge in [-0.05, 0) is 18.6 Å². The van der Waals surface area contributed by atoms with Crippen LogP contribution >= 0.6 is 23.2 Å². The summed E-state index contributed by atoms with van der Waals surface area (Å²) in [6.45, 7) is 3.73. The summed E-state index contributed by atoms with van der Waals surface area (Å²) in [6, 6.07) is 5.72. The summed E-state index contributed by atoms with van der Waals surface area (Å²) in [5, 5.41) is 7.59. The van der Waals surface area contributed by atoms with Crippen molar-refractivity contribution in [3.8, 4) is 0 Å². The Bertz CT molecular complexity index is 418. The molecule has 1 heterocycles. The highest BCUT2D eigenvalue weighted by atomic mass is 35.5. The number of hydrogen-bond donors (Lipinski definition) is 2. The largest absolute Gasteiger partial charge is 0.355 e. The van der Waals surface area contributed by atoms with Crippen LogP contribution in [0.25, 0.3) is 0 Å². The van der Waals surface area contributed by atoms with Crippen LogP contribution in [0.5, 0.6) is 0 Å². The van der Waals surface area contributed by atoms with E-state index < -0.39 is 0 Å². The number of guanidine groups is 1. The van der Waals surface area contributed by atoms with Crippen molar-refractivity contribution in [2.24, 2.45) is 4.99 Å². The molecule has 0 unspecified atom stereocenters. The molecule has 86 valence electrons. The van der Waals surface area contributed by atoms with E-state index in [1.165, 1.54) is 0 Å². The Morgan fingerprint density at radius 2 is 2.25 bits per heavy atom. The summed E-state index contributed by atoms with van der Waals surface area (Å²) < 4.78 is 0. The topological polar surface area (TPSA) is 36.4 Å². The minimum atomic E-state index is 0.0792. The molecular formula is C11H13Cl2N3. The highest BCUT2D eigenvalue weighted by molar-refractivity contribution is 6.42. The average molecular weight is 258 g/mol. The molecule has 0 spiro atoms. The third-order valence-electron chi connectivity index (χ3n) is 2.48. The van der Waals surface area contributed by atoms with Crippen LogP contribution in [0.4, 0.5) is 0 Å². The normalized spacial score (nSPS) is 16.6. The summed E-state index contributed by atoms with van der Waals surface area (Å²) in [6.07, 6.45) is 0. The lowest BCUT2D eigenvalue weighted by molar-refractivity contribution is 0.702. The molecule has 0 saturated carbocycles. The van der Waals surface area contributed by atoms with Crippen LogP contribution in [-0.4, -0.2) is 19.0 Å². The van der Waals surface area contributed by atoms with Crippen molar-refractivity contribution >= 4 is 29.2 Å². The smallest absolute Gasteiger partial charge is 0.191 e. The lowest BCUT2D eigenvalue weighted by Crippen LogP contribution is -2.35. The maximum absolute atomic E-state index is 6.14. The number of halogens is 2. The van der Waals surface area contributed by atoms with Crippen LogP contribution in [0.3, 0.4) is 0 Å². The molecule has 1 aromatic carbocycles. The number of aliphatic imine (C=N–C) groups is 1. The number of hydrogen-bond acceptors (Lipinski definition) is 3. The minimum Gasteiger partial charge on any atom is -0.355 e. The van der Waals surface area contributed by atoms with E-state index in [4.69, 9.17) is 23.2 Å². The molecule has 16 heavy (non-hydrogen) atoms. The second-order valence-electron chi connectivity index (χ2n) is 3.67. The number of nitrogens with one attached hydrogen (secondary N) is 2. The van der Waals surface area contributed by atoms with Crippen LogP contribution in [0.2, 0.25) is 10.0 Å². The molecule has 1 aromatic rings. The zero-order valence-electron chi connectivity index (χ0n) is 8.93. The molecule has 0 aromatic heterocycles. The third-order valence-corrected chi connectivity index (χ3v) is 3.31. The monoisotopic (exact) mass is 257 g/mol. The van der Waals surface area contributed by atoms with Crippen LogP contribution in [0, 0.1) is 0 Å². The van der Waals surface area contributed by atoms with Gasteiger partial charge in [0.15, 0.2) is 5.96 Å². The zero-order chi connectivity index (χ0) is 11.5. The van der Waals surface area contributed by atoms with E-state index in [0.29, 0.717) is 10.0 Å². The summed E-state index contributed by atoms with van der Waals surface area (Å²) >= 11 is 12.1. The molecule has 0 aliphatic carbocycles. The molecule has 1 aliphatic rings. The molecule has 0 fully saturated rings. The van der Waals surface area contributed by atoms with E-state index in [0.717, 1.165) is 24.6 Å². The van der Waals surface area contributed by atoms with Crippen LogP contribution in [0.1, 0.15) is 18.5 Å². The predicted octanol–water partition coefficient (Wildman–Crippen LogP) is 2.60. The molecule has 0 radical (unpaired) electrons. The lowest BCUT2D eigenvalue weighted by atomic mass is 10.1. The van der Waals surface area contributed by atoms with Crippen molar-refractivity contribution < 1.29 is 0 Å². The SMILES string of the molecule is C[C@@H](NC1=NCCN1)c1cccc(Cl)c1Cl. The quantitative estimate of drug-likeness (QED) is 0.855. The summed E-state index contributed by atoms with van der Waals surface area (Å²) in [5.74, 6) is 0.823. The van der Waals surface area contributed by atoms with Gasteiger partial charge < -0.3 is 10.6 Å². The van der Waals surface area contributed by atoms with Gasteiger partial charge in [0.1, 0.15) is 0 Å². The van der Waals surface area contributed by atoms with Crippen molar-refractivity contribution in [3.05, 3.63) is 33.8 Å². The molecule has 2 rings (SSSR count). The molecule has 3 nitrogen and oxygen atoms in total. The van der Waals surface area contributed by atoms with Crippen LogP contribution < -0.4 is 10.6 Å². The van der Waals surface area contributed by atoms with Gasteiger partial charge in [-0.2, -0.15) is 0 Å². The van der Waals surface area contributed by atoms with Crippen molar-refractivity contribution in [2.45, 2.75) is 13.0 Å². The third kappa shape index (κ3) is 2.42. The Morgan fingerprint density at radius 3 is 2.94 bits per heavy atom. The Hall–Kier alpha value is -0.930.